The summed E-state index contributed by atoms with van der Waals surface area (Å²) in [6.07, 6.45) is 1.96. The quantitative estimate of drug-likeness (QED) is 0.519. The minimum Gasteiger partial charge on any atom is -0.326 e. The fourth-order valence-electron chi connectivity index (χ4n) is 3.72. The largest absolute Gasteiger partial charge is 0.326 e. The number of aromatic nitrogens is 3. The van der Waals surface area contributed by atoms with Crippen molar-refractivity contribution in [1.82, 2.24) is 20.1 Å². The zero-order chi connectivity index (χ0) is 20.1. The van der Waals surface area contributed by atoms with Crippen LogP contribution in [-0.2, 0) is 17.9 Å². The van der Waals surface area contributed by atoms with Crippen LogP contribution >= 0.6 is 24.8 Å². The molecule has 0 spiro atoms. The van der Waals surface area contributed by atoms with Crippen LogP contribution in [0.4, 0.5) is 5.69 Å². The second kappa shape index (κ2) is 11.8. The van der Waals surface area contributed by atoms with Crippen LogP contribution in [0.5, 0.6) is 0 Å². The summed E-state index contributed by atoms with van der Waals surface area (Å²) in [5.41, 5.74) is 8.51. The first-order valence-electron chi connectivity index (χ1n) is 10.00. The Morgan fingerprint density at radius 3 is 2.55 bits per heavy atom. The van der Waals surface area contributed by atoms with E-state index in [4.69, 9.17) is 5.73 Å². The van der Waals surface area contributed by atoms with Crippen LogP contribution in [-0.4, -0.2) is 39.1 Å². The first-order valence-corrected chi connectivity index (χ1v) is 10.00. The van der Waals surface area contributed by atoms with E-state index in [9.17, 15) is 4.79 Å². The summed E-state index contributed by atoms with van der Waals surface area (Å²) in [5.74, 6) is 1.34. The van der Waals surface area contributed by atoms with Gasteiger partial charge in [-0.3, -0.25) is 14.8 Å². The highest BCUT2D eigenvalue weighted by Crippen LogP contribution is 2.22. The van der Waals surface area contributed by atoms with Gasteiger partial charge in [0, 0.05) is 24.3 Å². The van der Waals surface area contributed by atoms with Gasteiger partial charge in [-0.25, -0.2) is 4.98 Å². The molecule has 7 nitrogen and oxygen atoms in total. The molecule has 4 N–H and O–H groups in total. The summed E-state index contributed by atoms with van der Waals surface area (Å²) in [6.45, 7) is 3.04. The second-order valence-corrected chi connectivity index (χ2v) is 7.44. The van der Waals surface area contributed by atoms with Crippen LogP contribution in [0.3, 0.4) is 0 Å². The number of H-pyrrole nitrogens is 1. The third-order valence-corrected chi connectivity index (χ3v) is 5.26. The van der Waals surface area contributed by atoms with E-state index < -0.39 is 0 Å². The molecule has 1 aliphatic heterocycles. The van der Waals surface area contributed by atoms with Crippen LogP contribution in [0.2, 0.25) is 0 Å². The number of likely N-dealkylation sites (tertiary alicyclic amines) is 1. The standard InChI is InChI=1S/C22H26N6O.2ClH/c23-13-20-25-21(27-26-20)17-8-10-19(11-9-17)24-22(29)18-7-4-12-28(15-18)14-16-5-2-1-3-6-16;;/h1-3,5-6,8-11,18H,4,7,12-15,23H2,(H,24,29)(H,25,26,27);2*1H. The Kier molecular flexibility index (Phi) is 9.45. The molecule has 1 saturated heterocycles. The number of carbonyl (C=O) groups excluding carboxylic acids is 1. The number of amides is 1. The van der Waals surface area contributed by atoms with Crippen LogP contribution in [0.15, 0.2) is 54.6 Å². The van der Waals surface area contributed by atoms with Crippen molar-refractivity contribution < 1.29 is 4.79 Å². The molecule has 1 amide bonds. The molecule has 1 aliphatic rings. The number of hydrogen-bond acceptors (Lipinski definition) is 5. The number of piperidine rings is 1. The van der Waals surface area contributed by atoms with Gasteiger partial charge in [0.2, 0.25) is 5.91 Å². The predicted molar refractivity (Wildman–Crippen MR) is 127 cm³/mol. The van der Waals surface area contributed by atoms with Crippen LogP contribution < -0.4 is 11.1 Å². The molecule has 1 fully saturated rings. The molecule has 31 heavy (non-hydrogen) atoms. The first-order chi connectivity index (χ1) is 14.2. The van der Waals surface area contributed by atoms with E-state index in [0.29, 0.717) is 18.2 Å². The van der Waals surface area contributed by atoms with Crippen LogP contribution in [0.1, 0.15) is 24.2 Å². The zero-order valence-corrected chi connectivity index (χ0v) is 18.8. The average molecular weight is 463 g/mol. The Balaban J connectivity index is 0.00000171. The third-order valence-electron chi connectivity index (χ3n) is 5.26. The number of nitrogens with zero attached hydrogens (tertiary/aromatic N) is 3. The lowest BCUT2D eigenvalue weighted by atomic mass is 9.96. The van der Waals surface area contributed by atoms with Gasteiger partial charge in [0.05, 0.1) is 12.5 Å². The Labute approximate surface area is 194 Å². The molecule has 3 aromatic rings. The van der Waals surface area contributed by atoms with E-state index >= 15 is 0 Å². The van der Waals surface area contributed by atoms with Gasteiger partial charge in [-0.15, -0.1) is 24.8 Å². The molecule has 9 heteroatoms. The SMILES string of the molecule is Cl.Cl.NCc1nc(-c2ccc(NC(=O)C3CCCN(Cc4ccccc4)C3)cc2)n[nH]1. The molecule has 0 radical (unpaired) electrons. The summed E-state index contributed by atoms with van der Waals surface area (Å²) in [4.78, 5) is 19.5. The molecular weight excluding hydrogens is 435 g/mol. The van der Waals surface area contributed by atoms with Crippen molar-refractivity contribution in [2.24, 2.45) is 11.7 Å². The Bertz CT molecular complexity index is 948. The maximum Gasteiger partial charge on any atom is 0.228 e. The first kappa shape index (κ1) is 24.8. The maximum absolute atomic E-state index is 12.8. The lowest BCUT2D eigenvalue weighted by Gasteiger charge is -2.32. The van der Waals surface area contributed by atoms with Gasteiger partial charge in [-0.05, 0) is 49.2 Å². The van der Waals surface area contributed by atoms with Crippen LogP contribution in [0, 0.1) is 5.92 Å². The van der Waals surface area contributed by atoms with Gasteiger partial charge < -0.3 is 11.1 Å². The molecule has 166 valence electrons. The van der Waals surface area contributed by atoms with E-state index in [1.54, 1.807) is 0 Å². The van der Waals surface area contributed by atoms with E-state index in [1.807, 2.05) is 30.3 Å². The van der Waals surface area contributed by atoms with Gasteiger partial charge in [-0.1, -0.05) is 30.3 Å². The smallest absolute Gasteiger partial charge is 0.228 e. The van der Waals surface area contributed by atoms with Crippen molar-refractivity contribution in [2.45, 2.75) is 25.9 Å². The van der Waals surface area contributed by atoms with E-state index in [2.05, 4.69) is 49.7 Å². The molecule has 1 unspecified atom stereocenters. The van der Waals surface area contributed by atoms with Crippen molar-refractivity contribution >= 4 is 36.4 Å². The van der Waals surface area contributed by atoms with Gasteiger partial charge in [0.15, 0.2) is 5.82 Å². The summed E-state index contributed by atoms with van der Waals surface area (Å²) in [5, 5.41) is 10.0. The number of nitrogens with one attached hydrogen (secondary N) is 2. The van der Waals surface area contributed by atoms with Gasteiger partial charge in [0.1, 0.15) is 5.82 Å². The maximum atomic E-state index is 12.8. The minimum absolute atomic E-state index is 0. The number of benzene rings is 2. The second-order valence-electron chi connectivity index (χ2n) is 7.44. The Morgan fingerprint density at radius 2 is 1.87 bits per heavy atom. The number of hydrogen-bond donors (Lipinski definition) is 3. The van der Waals surface area contributed by atoms with Crippen molar-refractivity contribution in [3.8, 4) is 11.4 Å². The fraction of sp³-hybridized carbons (Fsp3) is 0.318. The van der Waals surface area contributed by atoms with Gasteiger partial charge in [-0.2, -0.15) is 5.10 Å². The summed E-state index contributed by atoms with van der Waals surface area (Å²) < 4.78 is 0. The number of anilines is 1. The predicted octanol–water partition coefficient (Wildman–Crippen LogP) is 3.62. The molecule has 0 saturated carbocycles. The minimum atomic E-state index is 0. The van der Waals surface area contributed by atoms with E-state index in [0.717, 1.165) is 43.7 Å². The number of nitrogens with two attached hydrogens (primary N) is 1. The van der Waals surface area contributed by atoms with Crippen molar-refractivity contribution in [3.05, 3.63) is 66.0 Å². The molecule has 4 rings (SSSR count). The highest BCUT2D eigenvalue weighted by Gasteiger charge is 2.25. The molecule has 0 aliphatic carbocycles. The van der Waals surface area contributed by atoms with Crippen molar-refractivity contribution in [3.63, 3.8) is 0 Å². The molecule has 0 bridgehead atoms. The zero-order valence-electron chi connectivity index (χ0n) is 17.2. The highest BCUT2D eigenvalue weighted by atomic mass is 35.5. The lowest BCUT2D eigenvalue weighted by Crippen LogP contribution is -2.40. The number of rotatable bonds is 6. The summed E-state index contributed by atoms with van der Waals surface area (Å²) in [7, 11) is 0. The summed E-state index contributed by atoms with van der Waals surface area (Å²) >= 11 is 0. The fourth-order valence-corrected chi connectivity index (χ4v) is 3.72. The molecule has 2 aromatic carbocycles. The normalized spacial score (nSPS) is 16.1. The van der Waals surface area contributed by atoms with Crippen molar-refractivity contribution in [1.29, 1.82) is 0 Å². The van der Waals surface area contributed by atoms with Crippen molar-refractivity contribution in [2.75, 3.05) is 18.4 Å². The number of halogens is 2. The van der Waals surface area contributed by atoms with E-state index in [1.165, 1.54) is 5.56 Å². The number of carbonyl (C=O) groups is 1. The molecule has 1 aromatic heterocycles. The molecule has 1 atom stereocenters. The topological polar surface area (TPSA) is 99.9 Å². The lowest BCUT2D eigenvalue weighted by molar-refractivity contribution is -0.121. The highest BCUT2D eigenvalue weighted by molar-refractivity contribution is 5.93. The van der Waals surface area contributed by atoms with Gasteiger partial charge in [0.25, 0.3) is 0 Å². The van der Waals surface area contributed by atoms with Gasteiger partial charge >= 0.3 is 0 Å². The monoisotopic (exact) mass is 462 g/mol. The average Bonchev–Trinajstić information content (AvgIpc) is 3.24. The Hall–Kier alpha value is -2.45. The van der Waals surface area contributed by atoms with E-state index in [-0.39, 0.29) is 36.6 Å². The molecular formula is C22H28Cl2N6O. The summed E-state index contributed by atoms with van der Waals surface area (Å²) in [6, 6.07) is 18.0. The number of aromatic amines is 1. The molecule has 2 heterocycles. The Morgan fingerprint density at radius 1 is 1.13 bits per heavy atom. The third kappa shape index (κ3) is 6.51. The van der Waals surface area contributed by atoms with Crippen LogP contribution in [0.25, 0.3) is 11.4 Å².